The third kappa shape index (κ3) is 1.55. The van der Waals surface area contributed by atoms with Crippen molar-refractivity contribution in [2.24, 2.45) is 10.7 Å². The lowest BCUT2D eigenvalue weighted by Gasteiger charge is -1.91. The lowest BCUT2D eigenvalue weighted by molar-refractivity contribution is 1.42. The lowest BCUT2D eigenvalue weighted by atomic mass is 10.3. The van der Waals surface area contributed by atoms with Gasteiger partial charge in [0.1, 0.15) is 5.84 Å². The molecule has 0 aromatic carbocycles. The topological polar surface area (TPSA) is 62.2 Å². The number of nitrogens with zero attached hydrogens (tertiary/aromatic N) is 1. The minimum atomic E-state index is -0.0394. The van der Waals surface area contributed by atoms with Crippen LogP contribution in [0.5, 0.6) is 0 Å². The van der Waals surface area contributed by atoms with Crippen molar-refractivity contribution in [2.45, 2.75) is 0 Å². The van der Waals surface area contributed by atoms with Crippen LogP contribution in [0.4, 0.5) is 0 Å². The van der Waals surface area contributed by atoms with Crippen molar-refractivity contribution in [3.8, 4) is 0 Å². The van der Waals surface area contributed by atoms with E-state index in [1.807, 2.05) is 0 Å². The van der Waals surface area contributed by atoms with E-state index in [9.17, 15) is 0 Å². The van der Waals surface area contributed by atoms with Crippen molar-refractivity contribution in [1.82, 2.24) is 0 Å². The van der Waals surface area contributed by atoms with Crippen LogP contribution >= 0.6 is 0 Å². The minimum Gasteiger partial charge on any atom is -0.382 e. The first-order valence-electron chi connectivity index (χ1n) is 2.16. The summed E-state index contributed by atoms with van der Waals surface area (Å²) in [5, 5.41) is 6.83. The van der Waals surface area contributed by atoms with E-state index >= 15 is 0 Å². The fourth-order valence-electron chi connectivity index (χ4n) is 0.322. The summed E-state index contributed by atoms with van der Waals surface area (Å²) in [6, 6.07) is 0. The second-order valence-corrected chi connectivity index (χ2v) is 1.23. The molecule has 0 saturated carbocycles. The van der Waals surface area contributed by atoms with Gasteiger partial charge in [-0.15, -0.1) is 0 Å². The first-order valence-corrected chi connectivity index (χ1v) is 2.16. The van der Waals surface area contributed by atoms with E-state index in [2.05, 4.69) is 11.6 Å². The maximum Gasteiger partial charge on any atom is 0.141 e. The van der Waals surface area contributed by atoms with Gasteiger partial charge in [0.05, 0.1) is 5.71 Å². The van der Waals surface area contributed by atoms with Gasteiger partial charge in [0, 0.05) is 7.05 Å². The highest BCUT2D eigenvalue weighted by atomic mass is 14.8. The van der Waals surface area contributed by atoms with Crippen molar-refractivity contribution in [2.75, 3.05) is 7.05 Å². The standard InChI is InChI=1S/C5H9N3/c1-3-4(8-2)5(6)7/h3H,1H2,2H3,(H3,6,7). The number of nitrogens with one attached hydrogen (secondary N) is 1. The molecule has 0 heterocycles. The monoisotopic (exact) mass is 111 g/mol. The summed E-state index contributed by atoms with van der Waals surface area (Å²) in [6.07, 6.45) is 1.45. The molecular formula is C5H9N3. The lowest BCUT2D eigenvalue weighted by Crippen LogP contribution is -2.19. The molecule has 0 fully saturated rings. The zero-order valence-electron chi connectivity index (χ0n) is 4.81. The number of aliphatic imine (C=N–C) groups is 1. The number of hydrogen-bond donors (Lipinski definition) is 2. The van der Waals surface area contributed by atoms with Crippen molar-refractivity contribution in [3.05, 3.63) is 12.7 Å². The molecule has 44 valence electrons. The molecule has 0 saturated heterocycles. The predicted molar refractivity (Wildman–Crippen MR) is 35.5 cm³/mol. The van der Waals surface area contributed by atoms with Gasteiger partial charge in [-0.05, 0) is 6.08 Å². The van der Waals surface area contributed by atoms with Crippen molar-refractivity contribution in [1.29, 1.82) is 5.41 Å². The third-order valence-electron chi connectivity index (χ3n) is 0.710. The van der Waals surface area contributed by atoms with Gasteiger partial charge < -0.3 is 5.73 Å². The second kappa shape index (κ2) is 2.96. The molecule has 3 N–H and O–H groups in total. The highest BCUT2D eigenvalue weighted by Gasteiger charge is 1.91. The molecule has 3 nitrogen and oxygen atoms in total. The molecule has 0 atom stereocenters. The smallest absolute Gasteiger partial charge is 0.141 e. The van der Waals surface area contributed by atoms with Gasteiger partial charge >= 0.3 is 0 Å². The molecule has 0 aliphatic rings. The summed E-state index contributed by atoms with van der Waals surface area (Å²) in [4.78, 5) is 3.66. The third-order valence-corrected chi connectivity index (χ3v) is 0.710. The number of hydrogen-bond acceptors (Lipinski definition) is 2. The Balaban J connectivity index is 4.13. The zero-order valence-corrected chi connectivity index (χ0v) is 4.81. The van der Waals surface area contributed by atoms with E-state index in [1.165, 1.54) is 6.08 Å². The summed E-state index contributed by atoms with van der Waals surface area (Å²) in [6.45, 7) is 3.40. The van der Waals surface area contributed by atoms with Crippen LogP contribution in [0, 0.1) is 5.41 Å². The van der Waals surface area contributed by atoms with Crippen molar-refractivity contribution >= 4 is 11.5 Å². The van der Waals surface area contributed by atoms with Gasteiger partial charge in [-0.1, -0.05) is 6.58 Å². The Morgan fingerprint density at radius 2 is 2.38 bits per heavy atom. The average molecular weight is 111 g/mol. The Kier molecular flexibility index (Phi) is 2.54. The van der Waals surface area contributed by atoms with Crippen LogP contribution in [0.3, 0.4) is 0 Å². The quantitative estimate of drug-likeness (QED) is 0.387. The van der Waals surface area contributed by atoms with E-state index in [0.29, 0.717) is 5.71 Å². The van der Waals surface area contributed by atoms with E-state index < -0.39 is 0 Å². The van der Waals surface area contributed by atoms with Gasteiger partial charge in [0.2, 0.25) is 0 Å². The average Bonchev–Trinajstić information content (AvgIpc) is 1.69. The van der Waals surface area contributed by atoms with E-state index in [-0.39, 0.29) is 5.84 Å². The fraction of sp³-hybridized carbons (Fsp3) is 0.200. The highest BCUT2D eigenvalue weighted by molar-refractivity contribution is 6.43. The van der Waals surface area contributed by atoms with Crippen LogP contribution in [0.1, 0.15) is 0 Å². The Hall–Kier alpha value is -1.12. The van der Waals surface area contributed by atoms with E-state index in [0.717, 1.165) is 0 Å². The van der Waals surface area contributed by atoms with Gasteiger partial charge in [0.25, 0.3) is 0 Å². The van der Waals surface area contributed by atoms with Crippen LogP contribution in [0.2, 0.25) is 0 Å². The predicted octanol–water partition coefficient (Wildman–Crippen LogP) is 0.179. The molecule has 0 rings (SSSR count). The number of nitrogens with two attached hydrogens (primary N) is 1. The Bertz CT molecular complexity index is 135. The number of rotatable bonds is 2. The molecule has 8 heavy (non-hydrogen) atoms. The SMILES string of the molecule is C=CC(=NC)C(=N)N. The molecule has 0 aromatic rings. The van der Waals surface area contributed by atoms with Gasteiger partial charge in [-0.2, -0.15) is 0 Å². The largest absolute Gasteiger partial charge is 0.382 e. The molecule has 0 aliphatic carbocycles. The summed E-state index contributed by atoms with van der Waals surface area (Å²) in [5.74, 6) is -0.0394. The maximum atomic E-state index is 6.83. The van der Waals surface area contributed by atoms with E-state index in [1.54, 1.807) is 7.05 Å². The normalized spacial score (nSPS) is 10.9. The van der Waals surface area contributed by atoms with Crippen molar-refractivity contribution < 1.29 is 0 Å². The number of amidine groups is 1. The summed E-state index contributed by atoms with van der Waals surface area (Å²) < 4.78 is 0. The molecule has 0 unspecified atom stereocenters. The first kappa shape index (κ1) is 6.88. The summed E-state index contributed by atoms with van der Waals surface area (Å²) in [5.41, 5.74) is 5.47. The second-order valence-electron chi connectivity index (χ2n) is 1.23. The van der Waals surface area contributed by atoms with Crippen LogP contribution < -0.4 is 5.73 Å². The van der Waals surface area contributed by atoms with Crippen LogP contribution in [0.25, 0.3) is 0 Å². The molecule has 0 bridgehead atoms. The minimum absolute atomic E-state index is 0.0394. The Labute approximate surface area is 48.4 Å². The summed E-state index contributed by atoms with van der Waals surface area (Å²) >= 11 is 0. The Morgan fingerprint density at radius 3 is 2.38 bits per heavy atom. The van der Waals surface area contributed by atoms with Crippen LogP contribution in [0.15, 0.2) is 17.6 Å². The summed E-state index contributed by atoms with van der Waals surface area (Å²) in [7, 11) is 1.57. The van der Waals surface area contributed by atoms with Gasteiger partial charge in [0.15, 0.2) is 0 Å². The van der Waals surface area contributed by atoms with Crippen molar-refractivity contribution in [3.63, 3.8) is 0 Å². The highest BCUT2D eigenvalue weighted by Crippen LogP contribution is 1.74. The van der Waals surface area contributed by atoms with Crippen LogP contribution in [-0.2, 0) is 0 Å². The Morgan fingerprint density at radius 1 is 1.88 bits per heavy atom. The first-order chi connectivity index (χ1) is 3.72. The zero-order chi connectivity index (χ0) is 6.57. The molecule has 3 heteroatoms. The molecule has 0 amide bonds. The molecule has 0 aromatic heterocycles. The molecule has 0 aliphatic heterocycles. The van der Waals surface area contributed by atoms with E-state index in [4.69, 9.17) is 11.1 Å². The van der Waals surface area contributed by atoms with Crippen LogP contribution in [-0.4, -0.2) is 18.6 Å². The van der Waals surface area contributed by atoms with Gasteiger partial charge in [-0.25, -0.2) is 0 Å². The molecule has 0 radical (unpaired) electrons. The van der Waals surface area contributed by atoms with Gasteiger partial charge in [-0.3, -0.25) is 10.4 Å². The fourth-order valence-corrected chi connectivity index (χ4v) is 0.322. The molecule has 0 spiro atoms. The molecular weight excluding hydrogens is 102 g/mol. The maximum absolute atomic E-state index is 6.83.